The molecule has 1 N–H and O–H groups in total. The third-order valence-corrected chi connectivity index (χ3v) is 5.14. The Hall–Kier alpha value is -1.37. The van der Waals surface area contributed by atoms with Gasteiger partial charge in [0.05, 0.1) is 0 Å². The molecule has 0 aliphatic rings. The van der Waals surface area contributed by atoms with Crippen molar-refractivity contribution in [3.63, 3.8) is 0 Å². The maximum absolute atomic E-state index is 12.5. The molecule has 88 valence electrons. The molecule has 2 nitrogen and oxygen atoms in total. The summed E-state index contributed by atoms with van der Waals surface area (Å²) in [5, 5.41) is 1.01. The molecule has 0 saturated heterocycles. The molecule has 1 unspecified atom stereocenters. The third-order valence-electron chi connectivity index (χ3n) is 3.01. The molecule has 0 heterocycles. The fourth-order valence-electron chi connectivity index (χ4n) is 1.83. The minimum Gasteiger partial charge on any atom is -0.338 e. The van der Waals surface area contributed by atoms with Crippen LogP contribution in [-0.2, 0) is 4.57 Å². The first-order valence-corrected chi connectivity index (χ1v) is 7.14. The lowest BCUT2D eigenvalue weighted by atomic mass is 10.1. The van der Waals surface area contributed by atoms with E-state index in [1.807, 2.05) is 32.0 Å². The van der Waals surface area contributed by atoms with Crippen LogP contribution in [0.1, 0.15) is 11.1 Å². The lowest BCUT2D eigenvalue weighted by Crippen LogP contribution is -2.18. The number of rotatable bonds is 2. The number of aryl methyl sites for hydroxylation is 1. The fraction of sp³-hybridized carbons (Fsp3) is 0.143. The highest BCUT2D eigenvalue weighted by atomic mass is 31.2. The summed E-state index contributed by atoms with van der Waals surface area (Å²) >= 11 is 0. The van der Waals surface area contributed by atoms with Crippen LogP contribution in [0, 0.1) is 13.8 Å². The van der Waals surface area contributed by atoms with Crippen molar-refractivity contribution >= 4 is 18.0 Å². The predicted molar refractivity (Wildman–Crippen MR) is 71.5 cm³/mol. The van der Waals surface area contributed by atoms with Crippen LogP contribution in [0.2, 0.25) is 0 Å². The molecule has 2 rings (SSSR count). The number of hydrogen-bond acceptors (Lipinski definition) is 1. The van der Waals surface area contributed by atoms with E-state index in [1.54, 1.807) is 30.3 Å². The van der Waals surface area contributed by atoms with Crippen LogP contribution in [0.5, 0.6) is 0 Å². The molecular formula is C14H15O2P. The largest absolute Gasteiger partial charge is 0.338 e. The summed E-state index contributed by atoms with van der Waals surface area (Å²) < 4.78 is 12.5. The summed E-state index contributed by atoms with van der Waals surface area (Å²) in [4.78, 5) is 10.3. The van der Waals surface area contributed by atoms with Gasteiger partial charge in [0, 0.05) is 10.6 Å². The van der Waals surface area contributed by atoms with Gasteiger partial charge in [-0.15, -0.1) is 0 Å². The lowest BCUT2D eigenvalue weighted by Gasteiger charge is -2.15. The molecule has 0 amide bonds. The first-order chi connectivity index (χ1) is 8.03. The molecule has 0 spiro atoms. The molecule has 0 fully saturated rings. The van der Waals surface area contributed by atoms with E-state index in [9.17, 15) is 9.46 Å². The lowest BCUT2D eigenvalue weighted by molar-refractivity contribution is 0.501. The molecular weight excluding hydrogens is 231 g/mol. The predicted octanol–water partition coefficient (Wildman–Crippen LogP) is 2.52. The first-order valence-electron chi connectivity index (χ1n) is 5.48. The van der Waals surface area contributed by atoms with Gasteiger partial charge in [0.1, 0.15) is 0 Å². The molecule has 17 heavy (non-hydrogen) atoms. The van der Waals surface area contributed by atoms with Gasteiger partial charge in [-0.1, -0.05) is 30.3 Å². The smallest absolute Gasteiger partial charge is 0.259 e. The van der Waals surface area contributed by atoms with Crippen molar-refractivity contribution in [1.82, 2.24) is 0 Å². The average Bonchev–Trinajstić information content (AvgIpc) is 2.33. The quantitative estimate of drug-likeness (QED) is 0.827. The van der Waals surface area contributed by atoms with E-state index in [0.717, 1.165) is 11.1 Å². The van der Waals surface area contributed by atoms with Crippen LogP contribution < -0.4 is 10.6 Å². The highest BCUT2D eigenvalue weighted by molar-refractivity contribution is 7.73. The van der Waals surface area contributed by atoms with Gasteiger partial charge < -0.3 is 4.89 Å². The maximum Gasteiger partial charge on any atom is 0.259 e. The fourth-order valence-corrected chi connectivity index (χ4v) is 3.61. The van der Waals surface area contributed by atoms with Crippen molar-refractivity contribution < 1.29 is 9.46 Å². The zero-order valence-corrected chi connectivity index (χ0v) is 10.8. The monoisotopic (exact) mass is 246 g/mol. The van der Waals surface area contributed by atoms with E-state index in [4.69, 9.17) is 0 Å². The van der Waals surface area contributed by atoms with Crippen molar-refractivity contribution in [2.24, 2.45) is 0 Å². The second-order valence-electron chi connectivity index (χ2n) is 4.13. The van der Waals surface area contributed by atoms with Gasteiger partial charge in [0.15, 0.2) is 0 Å². The Morgan fingerprint density at radius 2 is 1.59 bits per heavy atom. The molecule has 2 aromatic rings. The zero-order valence-electron chi connectivity index (χ0n) is 9.92. The van der Waals surface area contributed by atoms with Gasteiger partial charge >= 0.3 is 0 Å². The zero-order chi connectivity index (χ0) is 12.5. The Balaban J connectivity index is 2.60. The molecule has 0 radical (unpaired) electrons. The van der Waals surface area contributed by atoms with Crippen molar-refractivity contribution in [2.75, 3.05) is 0 Å². The molecule has 0 aliphatic carbocycles. The van der Waals surface area contributed by atoms with Crippen LogP contribution in [0.4, 0.5) is 0 Å². The van der Waals surface area contributed by atoms with Crippen LogP contribution in [0.25, 0.3) is 0 Å². The van der Waals surface area contributed by atoms with Crippen LogP contribution in [-0.4, -0.2) is 4.89 Å². The van der Waals surface area contributed by atoms with E-state index >= 15 is 0 Å². The van der Waals surface area contributed by atoms with E-state index < -0.39 is 7.37 Å². The normalized spacial score (nSPS) is 14.3. The maximum atomic E-state index is 12.5. The molecule has 0 saturated carbocycles. The number of hydrogen-bond donors (Lipinski definition) is 1. The highest BCUT2D eigenvalue weighted by Crippen LogP contribution is 2.39. The molecule has 0 bridgehead atoms. The first kappa shape index (κ1) is 12.1. The summed E-state index contributed by atoms with van der Waals surface area (Å²) in [7, 11) is -3.46. The van der Waals surface area contributed by atoms with Crippen molar-refractivity contribution in [1.29, 1.82) is 0 Å². The van der Waals surface area contributed by atoms with Crippen molar-refractivity contribution in [3.8, 4) is 0 Å². The standard InChI is InChI=1S/C14H15O2P/c1-11-7-6-10-14(12(11)2)17(15,16)13-8-4-3-5-9-13/h3-10H,1-2H3,(H,15,16). The minimum absolute atomic E-state index is 0.480. The van der Waals surface area contributed by atoms with Crippen LogP contribution >= 0.6 is 7.37 Å². The van der Waals surface area contributed by atoms with Crippen LogP contribution in [0.15, 0.2) is 48.5 Å². The third kappa shape index (κ3) is 2.19. The molecule has 0 aliphatic heterocycles. The second-order valence-corrected chi connectivity index (χ2v) is 6.28. The highest BCUT2D eigenvalue weighted by Gasteiger charge is 2.25. The van der Waals surface area contributed by atoms with Gasteiger partial charge in [-0.2, -0.15) is 0 Å². The minimum atomic E-state index is -3.46. The topological polar surface area (TPSA) is 37.3 Å². The van der Waals surface area contributed by atoms with E-state index in [2.05, 4.69) is 0 Å². The van der Waals surface area contributed by atoms with Crippen molar-refractivity contribution in [3.05, 3.63) is 59.7 Å². The summed E-state index contributed by atoms with van der Waals surface area (Å²) in [6, 6.07) is 14.3. The van der Waals surface area contributed by atoms with Gasteiger partial charge in [-0.3, -0.25) is 4.57 Å². The Bertz CT molecular complexity index is 576. The van der Waals surface area contributed by atoms with Gasteiger partial charge in [-0.05, 0) is 43.2 Å². The van der Waals surface area contributed by atoms with Crippen LogP contribution in [0.3, 0.4) is 0 Å². The Labute approximate surface area is 101 Å². The van der Waals surface area contributed by atoms with E-state index in [0.29, 0.717) is 10.6 Å². The summed E-state index contributed by atoms with van der Waals surface area (Å²) in [6.07, 6.45) is 0. The second kappa shape index (κ2) is 4.48. The summed E-state index contributed by atoms with van der Waals surface area (Å²) in [6.45, 7) is 3.83. The van der Waals surface area contributed by atoms with Gasteiger partial charge in [0.2, 0.25) is 0 Å². The Morgan fingerprint density at radius 3 is 2.24 bits per heavy atom. The summed E-state index contributed by atoms with van der Waals surface area (Å²) in [5.41, 5.74) is 1.93. The van der Waals surface area contributed by atoms with Crippen molar-refractivity contribution in [2.45, 2.75) is 13.8 Å². The van der Waals surface area contributed by atoms with Gasteiger partial charge in [-0.25, -0.2) is 0 Å². The SMILES string of the molecule is Cc1cccc(P(=O)(O)c2ccccc2)c1C. The molecule has 1 atom stereocenters. The average molecular weight is 246 g/mol. The molecule has 3 heteroatoms. The number of benzene rings is 2. The summed E-state index contributed by atoms with van der Waals surface area (Å²) in [5.74, 6) is 0. The Morgan fingerprint density at radius 1 is 0.941 bits per heavy atom. The van der Waals surface area contributed by atoms with Gasteiger partial charge in [0.25, 0.3) is 7.37 Å². The molecule has 0 aromatic heterocycles. The van der Waals surface area contributed by atoms with E-state index in [1.165, 1.54) is 0 Å². The van der Waals surface area contributed by atoms with E-state index in [-0.39, 0.29) is 0 Å². The molecule has 2 aromatic carbocycles. The Kier molecular flexibility index (Phi) is 3.19.